The maximum atomic E-state index is 12.5. The molecule has 0 aliphatic carbocycles. The van der Waals surface area contributed by atoms with E-state index in [-0.39, 0.29) is 25.2 Å². The predicted octanol–water partition coefficient (Wildman–Crippen LogP) is 1.58. The van der Waals surface area contributed by atoms with E-state index in [0.717, 1.165) is 0 Å². The highest BCUT2D eigenvalue weighted by molar-refractivity contribution is 6.00. The van der Waals surface area contributed by atoms with Gasteiger partial charge in [-0.05, 0) is 26.0 Å². The number of rotatable bonds is 6. The summed E-state index contributed by atoms with van der Waals surface area (Å²) in [5, 5.41) is 2.77. The van der Waals surface area contributed by atoms with Crippen LogP contribution in [-0.4, -0.2) is 73.7 Å². The first-order valence-corrected chi connectivity index (χ1v) is 8.75. The molecule has 0 spiro atoms. The first-order valence-electron chi connectivity index (χ1n) is 8.75. The summed E-state index contributed by atoms with van der Waals surface area (Å²) in [5.74, 6) is -0.726. The summed E-state index contributed by atoms with van der Waals surface area (Å²) >= 11 is 0. The molecule has 2 amide bonds. The zero-order valence-corrected chi connectivity index (χ0v) is 15.2. The number of amides is 2. The lowest BCUT2D eigenvalue weighted by Gasteiger charge is -2.34. The Kier molecular flexibility index (Phi) is 7.40. The average molecular weight is 363 g/mol. The Labute approximate surface area is 153 Å². The Hall–Kier alpha value is -2.61. The van der Waals surface area contributed by atoms with E-state index in [4.69, 9.17) is 9.47 Å². The molecular weight excluding hydrogens is 338 g/mol. The van der Waals surface area contributed by atoms with Crippen molar-refractivity contribution in [3.05, 3.63) is 29.8 Å². The van der Waals surface area contributed by atoms with Crippen molar-refractivity contribution in [1.29, 1.82) is 0 Å². The van der Waals surface area contributed by atoms with Crippen LogP contribution >= 0.6 is 0 Å². The summed E-state index contributed by atoms with van der Waals surface area (Å²) in [6.07, 6.45) is 0. The topological polar surface area (TPSA) is 88.2 Å². The molecule has 1 heterocycles. The summed E-state index contributed by atoms with van der Waals surface area (Å²) in [6.45, 7) is 6.53. The van der Waals surface area contributed by atoms with Crippen LogP contribution in [0.4, 0.5) is 10.5 Å². The zero-order valence-electron chi connectivity index (χ0n) is 15.2. The lowest BCUT2D eigenvalue weighted by Crippen LogP contribution is -2.51. The van der Waals surface area contributed by atoms with Crippen LogP contribution in [0.15, 0.2) is 24.3 Å². The van der Waals surface area contributed by atoms with Crippen LogP contribution in [-0.2, 0) is 14.3 Å². The van der Waals surface area contributed by atoms with Crippen LogP contribution in [0.1, 0.15) is 24.2 Å². The first-order chi connectivity index (χ1) is 12.5. The normalized spacial score (nSPS) is 14.6. The molecule has 2 rings (SSSR count). The summed E-state index contributed by atoms with van der Waals surface area (Å²) in [4.78, 5) is 39.6. The van der Waals surface area contributed by atoms with E-state index in [1.54, 1.807) is 43.0 Å². The van der Waals surface area contributed by atoms with Gasteiger partial charge in [0.25, 0.3) is 0 Å². The summed E-state index contributed by atoms with van der Waals surface area (Å²) < 4.78 is 9.95. The number of benzene rings is 1. The molecule has 0 saturated carbocycles. The predicted molar refractivity (Wildman–Crippen MR) is 96.1 cm³/mol. The van der Waals surface area contributed by atoms with Crippen molar-refractivity contribution in [1.82, 2.24) is 9.80 Å². The van der Waals surface area contributed by atoms with E-state index in [2.05, 4.69) is 5.32 Å². The highest BCUT2D eigenvalue weighted by atomic mass is 16.5. The molecule has 1 fully saturated rings. The first kappa shape index (κ1) is 19.7. The number of nitrogens with one attached hydrogen (secondary N) is 1. The fourth-order valence-corrected chi connectivity index (χ4v) is 2.67. The number of carbonyl (C=O) groups excluding carboxylic acids is 3. The molecule has 0 atom stereocenters. The molecule has 0 radical (unpaired) electrons. The van der Waals surface area contributed by atoms with Gasteiger partial charge >= 0.3 is 18.0 Å². The van der Waals surface area contributed by atoms with Crippen LogP contribution in [0.2, 0.25) is 0 Å². The largest absolute Gasteiger partial charge is 0.465 e. The molecule has 1 aromatic carbocycles. The monoisotopic (exact) mass is 363 g/mol. The van der Waals surface area contributed by atoms with Gasteiger partial charge in [-0.15, -0.1) is 0 Å². The van der Waals surface area contributed by atoms with E-state index < -0.39 is 5.97 Å². The molecule has 0 unspecified atom stereocenters. The number of urea groups is 1. The third-order valence-electron chi connectivity index (χ3n) is 3.98. The number of ether oxygens (including phenoxy) is 2. The molecule has 1 aliphatic rings. The Morgan fingerprint density at radius 2 is 1.65 bits per heavy atom. The van der Waals surface area contributed by atoms with Crippen LogP contribution in [0, 0.1) is 0 Å². The number of para-hydroxylation sites is 1. The maximum Gasteiger partial charge on any atom is 0.340 e. The van der Waals surface area contributed by atoms with Crippen molar-refractivity contribution in [2.45, 2.75) is 13.8 Å². The van der Waals surface area contributed by atoms with E-state index in [9.17, 15) is 14.4 Å². The molecule has 1 saturated heterocycles. The van der Waals surface area contributed by atoms with Gasteiger partial charge in [0.2, 0.25) is 0 Å². The van der Waals surface area contributed by atoms with Gasteiger partial charge in [-0.25, -0.2) is 9.59 Å². The third-order valence-corrected chi connectivity index (χ3v) is 3.98. The van der Waals surface area contributed by atoms with Gasteiger partial charge in [0, 0.05) is 26.2 Å². The molecule has 1 aromatic rings. The van der Waals surface area contributed by atoms with E-state index in [0.29, 0.717) is 44.0 Å². The van der Waals surface area contributed by atoms with Gasteiger partial charge in [-0.3, -0.25) is 9.69 Å². The number of carbonyl (C=O) groups is 3. The number of hydrogen-bond acceptors (Lipinski definition) is 6. The number of anilines is 1. The molecule has 1 aliphatic heterocycles. The Bertz CT molecular complexity index is 641. The third kappa shape index (κ3) is 5.45. The summed E-state index contributed by atoms with van der Waals surface area (Å²) in [6, 6.07) is 6.47. The number of hydrogen-bond donors (Lipinski definition) is 1. The minimum atomic E-state index is -0.470. The smallest absolute Gasteiger partial charge is 0.340 e. The van der Waals surface area contributed by atoms with Crippen LogP contribution in [0.25, 0.3) is 0 Å². The second-order valence-corrected chi connectivity index (χ2v) is 5.76. The zero-order chi connectivity index (χ0) is 18.9. The minimum absolute atomic E-state index is 0.231. The maximum absolute atomic E-state index is 12.5. The van der Waals surface area contributed by atoms with Crippen molar-refractivity contribution in [3.63, 3.8) is 0 Å². The van der Waals surface area contributed by atoms with Crippen molar-refractivity contribution in [2.24, 2.45) is 0 Å². The molecule has 0 aromatic heterocycles. The van der Waals surface area contributed by atoms with Crippen LogP contribution in [0.3, 0.4) is 0 Å². The molecule has 8 nitrogen and oxygen atoms in total. The Morgan fingerprint density at radius 1 is 1.00 bits per heavy atom. The van der Waals surface area contributed by atoms with Crippen LogP contribution < -0.4 is 5.32 Å². The molecule has 0 bridgehead atoms. The molecule has 142 valence electrons. The lowest BCUT2D eigenvalue weighted by atomic mass is 10.2. The van der Waals surface area contributed by atoms with Crippen molar-refractivity contribution < 1.29 is 23.9 Å². The number of piperazine rings is 1. The van der Waals surface area contributed by atoms with Gasteiger partial charge in [0.05, 0.1) is 31.0 Å². The van der Waals surface area contributed by atoms with E-state index >= 15 is 0 Å². The van der Waals surface area contributed by atoms with Crippen molar-refractivity contribution in [2.75, 3.05) is 51.3 Å². The average Bonchev–Trinajstić information content (AvgIpc) is 2.63. The molecule has 8 heteroatoms. The number of esters is 2. The van der Waals surface area contributed by atoms with Crippen LogP contribution in [0.5, 0.6) is 0 Å². The lowest BCUT2D eigenvalue weighted by molar-refractivity contribution is -0.144. The SMILES string of the molecule is CCOC(=O)CN1CCN(C(=O)Nc2ccccc2C(=O)OCC)CC1. The highest BCUT2D eigenvalue weighted by Crippen LogP contribution is 2.17. The standard InChI is InChI=1S/C18H25N3O5/c1-3-25-16(22)13-20-9-11-21(12-10-20)18(24)19-15-8-6-5-7-14(15)17(23)26-4-2/h5-8H,3-4,9-13H2,1-2H3,(H,19,24). The highest BCUT2D eigenvalue weighted by Gasteiger charge is 2.24. The van der Waals surface area contributed by atoms with Gasteiger partial charge in [-0.1, -0.05) is 12.1 Å². The second kappa shape index (κ2) is 9.76. The van der Waals surface area contributed by atoms with Gasteiger partial charge in [0.15, 0.2) is 0 Å². The van der Waals surface area contributed by atoms with Gasteiger partial charge < -0.3 is 19.7 Å². The van der Waals surface area contributed by atoms with Gasteiger partial charge in [0.1, 0.15) is 0 Å². The molecule has 26 heavy (non-hydrogen) atoms. The Balaban J connectivity index is 1.90. The second-order valence-electron chi connectivity index (χ2n) is 5.76. The number of nitrogens with zero attached hydrogens (tertiary/aromatic N) is 2. The van der Waals surface area contributed by atoms with Gasteiger partial charge in [-0.2, -0.15) is 0 Å². The molecular formula is C18H25N3O5. The quantitative estimate of drug-likeness (QED) is 0.772. The van der Waals surface area contributed by atoms with E-state index in [1.165, 1.54) is 0 Å². The van der Waals surface area contributed by atoms with Crippen molar-refractivity contribution in [3.8, 4) is 0 Å². The molecule has 1 N–H and O–H groups in total. The summed E-state index contributed by atoms with van der Waals surface area (Å²) in [5.41, 5.74) is 0.744. The fraction of sp³-hybridized carbons (Fsp3) is 0.500. The Morgan fingerprint density at radius 3 is 2.31 bits per heavy atom. The van der Waals surface area contributed by atoms with E-state index in [1.807, 2.05) is 4.90 Å². The van der Waals surface area contributed by atoms with Crippen molar-refractivity contribution >= 4 is 23.7 Å². The minimum Gasteiger partial charge on any atom is -0.465 e. The summed E-state index contributed by atoms with van der Waals surface area (Å²) in [7, 11) is 0. The fourth-order valence-electron chi connectivity index (χ4n) is 2.67.